The van der Waals surface area contributed by atoms with Crippen molar-refractivity contribution in [1.29, 1.82) is 0 Å². The van der Waals surface area contributed by atoms with Gasteiger partial charge in [-0.05, 0) is 24.3 Å². The second-order valence-electron chi connectivity index (χ2n) is 5.27. The van der Waals surface area contributed by atoms with Crippen LogP contribution in [0, 0.1) is 5.92 Å². The average molecular weight is 279 g/mol. The highest BCUT2D eigenvalue weighted by Gasteiger charge is 2.26. The van der Waals surface area contributed by atoms with Crippen LogP contribution in [0.2, 0.25) is 0 Å². The lowest BCUT2D eigenvalue weighted by molar-refractivity contribution is -0.142. The molecule has 1 aromatic rings. The molecule has 0 radical (unpaired) electrons. The minimum atomic E-state index is -1.04. The Labute approximate surface area is 118 Å². The number of nitrogens with one attached hydrogen (secondary N) is 1. The molecule has 0 saturated heterocycles. The van der Waals surface area contributed by atoms with Crippen LogP contribution in [0.1, 0.15) is 25.8 Å². The molecule has 0 fully saturated rings. The molecule has 0 aliphatic carbocycles. The third kappa shape index (κ3) is 5.40. The summed E-state index contributed by atoms with van der Waals surface area (Å²) in [6.45, 7) is 3.81. The molecule has 3 N–H and O–H groups in total. The molecule has 5 heteroatoms. The average Bonchev–Trinajstić information content (AvgIpc) is 2.37. The molecule has 0 heterocycles. The second-order valence-corrected chi connectivity index (χ2v) is 5.27. The van der Waals surface area contributed by atoms with Crippen LogP contribution in [0.15, 0.2) is 30.3 Å². The first kappa shape index (κ1) is 16.2. The van der Waals surface area contributed by atoms with E-state index < -0.39 is 24.0 Å². The minimum absolute atomic E-state index is 0.176. The summed E-state index contributed by atoms with van der Waals surface area (Å²) in [7, 11) is 0. The maximum atomic E-state index is 11.3. The molecule has 0 aromatic heterocycles. The van der Waals surface area contributed by atoms with Gasteiger partial charge in [-0.2, -0.15) is 0 Å². The highest BCUT2D eigenvalue weighted by atomic mass is 16.4. The molecule has 1 aromatic carbocycles. The molecule has 1 rings (SSSR count). The highest BCUT2D eigenvalue weighted by Crippen LogP contribution is 2.09. The molecular formula is C15H21NO4. The molecule has 0 spiro atoms. The summed E-state index contributed by atoms with van der Waals surface area (Å²) in [6, 6.07) is 7.42. The number of rotatable bonds is 8. The van der Waals surface area contributed by atoms with Crippen molar-refractivity contribution in [3.8, 4) is 0 Å². The fourth-order valence-corrected chi connectivity index (χ4v) is 2.02. The SMILES string of the molecule is CC(C)C[C@H](NC(Cc1ccccc1)C(=O)O)C(=O)O. The van der Waals surface area contributed by atoms with Gasteiger partial charge in [-0.1, -0.05) is 44.2 Å². The Bertz CT molecular complexity index is 444. The first-order chi connectivity index (χ1) is 9.40. The van der Waals surface area contributed by atoms with Crippen LogP contribution in [0.5, 0.6) is 0 Å². The van der Waals surface area contributed by atoms with Gasteiger partial charge < -0.3 is 10.2 Å². The van der Waals surface area contributed by atoms with Gasteiger partial charge in [0.15, 0.2) is 0 Å². The number of carboxylic acid groups (broad SMARTS) is 2. The summed E-state index contributed by atoms with van der Waals surface area (Å²) in [5, 5.41) is 21.1. The van der Waals surface area contributed by atoms with Crippen LogP contribution in [0.25, 0.3) is 0 Å². The van der Waals surface area contributed by atoms with E-state index in [1.165, 1.54) is 0 Å². The third-order valence-corrected chi connectivity index (χ3v) is 2.99. The molecule has 20 heavy (non-hydrogen) atoms. The number of hydrogen-bond acceptors (Lipinski definition) is 3. The maximum Gasteiger partial charge on any atom is 0.321 e. The quantitative estimate of drug-likeness (QED) is 0.675. The predicted octanol–water partition coefficient (Wildman–Crippen LogP) is 1.77. The topological polar surface area (TPSA) is 86.6 Å². The van der Waals surface area contributed by atoms with Crippen molar-refractivity contribution in [2.75, 3.05) is 0 Å². The summed E-state index contributed by atoms with van der Waals surface area (Å²) in [5.41, 5.74) is 0.862. The molecule has 110 valence electrons. The number of benzene rings is 1. The molecule has 5 nitrogen and oxygen atoms in total. The van der Waals surface area contributed by atoms with Crippen molar-refractivity contribution in [2.45, 2.75) is 38.8 Å². The van der Waals surface area contributed by atoms with E-state index in [2.05, 4.69) is 5.32 Å². The standard InChI is InChI=1S/C15H21NO4/c1-10(2)8-12(14(17)18)16-13(15(19)20)9-11-6-4-3-5-7-11/h3-7,10,12-13,16H,8-9H2,1-2H3,(H,17,18)(H,19,20)/t12-,13?/m0/s1. The fourth-order valence-electron chi connectivity index (χ4n) is 2.02. The van der Waals surface area contributed by atoms with Gasteiger partial charge in [-0.25, -0.2) is 0 Å². The molecule has 0 aliphatic rings. The monoisotopic (exact) mass is 279 g/mol. The number of carboxylic acids is 2. The lowest BCUT2D eigenvalue weighted by Gasteiger charge is -2.21. The first-order valence-electron chi connectivity index (χ1n) is 6.65. The van der Waals surface area contributed by atoms with E-state index in [9.17, 15) is 14.7 Å². The Hall–Kier alpha value is -1.88. The van der Waals surface area contributed by atoms with E-state index >= 15 is 0 Å². The van der Waals surface area contributed by atoms with E-state index in [1.807, 2.05) is 44.2 Å². The fraction of sp³-hybridized carbons (Fsp3) is 0.467. The predicted molar refractivity (Wildman–Crippen MR) is 75.6 cm³/mol. The van der Waals surface area contributed by atoms with Gasteiger partial charge in [0.25, 0.3) is 0 Å². The van der Waals surface area contributed by atoms with Crippen LogP contribution in [0.3, 0.4) is 0 Å². The van der Waals surface area contributed by atoms with E-state index in [0.717, 1.165) is 5.56 Å². The van der Waals surface area contributed by atoms with Gasteiger partial charge in [0, 0.05) is 0 Å². The molecule has 2 atom stereocenters. The third-order valence-electron chi connectivity index (χ3n) is 2.99. The number of carbonyl (C=O) groups is 2. The van der Waals surface area contributed by atoms with Crippen LogP contribution in [0.4, 0.5) is 0 Å². The largest absolute Gasteiger partial charge is 0.480 e. The summed E-state index contributed by atoms with van der Waals surface area (Å²) in [4.78, 5) is 22.5. The van der Waals surface area contributed by atoms with Crippen molar-refractivity contribution < 1.29 is 19.8 Å². The van der Waals surface area contributed by atoms with Crippen molar-refractivity contribution in [1.82, 2.24) is 5.32 Å². The molecule has 0 bridgehead atoms. The van der Waals surface area contributed by atoms with Gasteiger partial charge in [-0.3, -0.25) is 14.9 Å². The van der Waals surface area contributed by atoms with Gasteiger partial charge in [0.05, 0.1) is 0 Å². The van der Waals surface area contributed by atoms with Gasteiger partial charge >= 0.3 is 11.9 Å². The zero-order valence-corrected chi connectivity index (χ0v) is 11.7. The normalized spacial score (nSPS) is 13.9. The first-order valence-corrected chi connectivity index (χ1v) is 6.65. The Kier molecular flexibility index (Phi) is 6.18. The molecule has 0 aliphatic heterocycles. The van der Waals surface area contributed by atoms with Gasteiger partial charge in [-0.15, -0.1) is 0 Å². The number of hydrogen-bond donors (Lipinski definition) is 3. The maximum absolute atomic E-state index is 11.3. The molecule has 0 saturated carbocycles. The van der Waals surface area contributed by atoms with Crippen LogP contribution in [-0.2, 0) is 16.0 Å². The summed E-state index contributed by atoms with van der Waals surface area (Å²) in [5.74, 6) is -1.88. The van der Waals surface area contributed by atoms with Crippen molar-refractivity contribution in [2.24, 2.45) is 5.92 Å². The zero-order valence-electron chi connectivity index (χ0n) is 11.7. The van der Waals surface area contributed by atoms with Crippen LogP contribution >= 0.6 is 0 Å². The summed E-state index contributed by atoms with van der Waals surface area (Å²) in [6.07, 6.45) is 0.659. The van der Waals surface area contributed by atoms with Gasteiger partial charge in [0.1, 0.15) is 12.1 Å². The van der Waals surface area contributed by atoms with Crippen LogP contribution in [-0.4, -0.2) is 34.2 Å². The van der Waals surface area contributed by atoms with E-state index in [-0.39, 0.29) is 12.3 Å². The van der Waals surface area contributed by atoms with Crippen molar-refractivity contribution in [3.63, 3.8) is 0 Å². The van der Waals surface area contributed by atoms with Crippen molar-refractivity contribution in [3.05, 3.63) is 35.9 Å². The smallest absolute Gasteiger partial charge is 0.321 e. The molecule has 0 amide bonds. The van der Waals surface area contributed by atoms with Crippen LogP contribution < -0.4 is 5.32 Å². The zero-order chi connectivity index (χ0) is 15.1. The lowest BCUT2D eigenvalue weighted by atomic mass is 10.0. The molecule has 1 unspecified atom stereocenters. The Morgan fingerprint density at radius 2 is 1.60 bits per heavy atom. The summed E-state index contributed by atoms with van der Waals surface area (Å²) < 4.78 is 0. The highest BCUT2D eigenvalue weighted by molar-refractivity contribution is 5.77. The Balaban J connectivity index is 2.75. The van der Waals surface area contributed by atoms with E-state index in [4.69, 9.17) is 5.11 Å². The van der Waals surface area contributed by atoms with Gasteiger partial charge in [0.2, 0.25) is 0 Å². The number of aliphatic carboxylic acids is 2. The summed E-state index contributed by atoms with van der Waals surface area (Å²) >= 11 is 0. The Morgan fingerprint density at radius 3 is 2.05 bits per heavy atom. The van der Waals surface area contributed by atoms with E-state index in [1.54, 1.807) is 0 Å². The minimum Gasteiger partial charge on any atom is -0.480 e. The Morgan fingerprint density at radius 1 is 1.05 bits per heavy atom. The van der Waals surface area contributed by atoms with E-state index in [0.29, 0.717) is 6.42 Å². The van der Waals surface area contributed by atoms with Crippen molar-refractivity contribution >= 4 is 11.9 Å². The lowest BCUT2D eigenvalue weighted by Crippen LogP contribution is -2.48. The second kappa shape index (κ2) is 7.65. The molecular weight excluding hydrogens is 258 g/mol.